The van der Waals surface area contributed by atoms with Crippen LogP contribution in [0.5, 0.6) is 0 Å². The summed E-state index contributed by atoms with van der Waals surface area (Å²) in [5.41, 5.74) is 0.542. The van der Waals surface area contributed by atoms with Crippen molar-refractivity contribution in [2.75, 3.05) is 0 Å². The number of pyridine rings is 1. The number of hydrogen-bond donors (Lipinski definition) is 1. The molecule has 1 atom stereocenters. The Bertz CT molecular complexity index is 473. The molecule has 1 unspecified atom stereocenters. The van der Waals surface area contributed by atoms with Crippen molar-refractivity contribution in [3.63, 3.8) is 0 Å². The van der Waals surface area contributed by atoms with Crippen LogP contribution in [0.2, 0.25) is 0 Å². The first-order valence-corrected chi connectivity index (χ1v) is 5.96. The highest BCUT2D eigenvalue weighted by atomic mass is 32.2. The Morgan fingerprint density at radius 3 is 2.82 bits per heavy atom. The molecule has 17 heavy (non-hydrogen) atoms. The lowest BCUT2D eigenvalue weighted by molar-refractivity contribution is -0.120. The third kappa shape index (κ3) is 3.13. The first kappa shape index (κ1) is 11.8. The molecular weight excluding hydrogens is 238 g/mol. The quantitative estimate of drug-likeness (QED) is 0.812. The SMILES string of the molecule is CC1CC(=O)NC(SC(=O)c2ccncc2)=N1. The van der Waals surface area contributed by atoms with E-state index in [4.69, 9.17) is 0 Å². The van der Waals surface area contributed by atoms with E-state index in [1.54, 1.807) is 24.5 Å². The standard InChI is InChI=1S/C11H11N3O2S/c1-7-6-9(15)14-11(13-7)17-10(16)8-2-4-12-5-3-8/h2-5,7H,6H2,1H3,(H,13,14,15). The largest absolute Gasteiger partial charge is 0.305 e. The maximum Gasteiger partial charge on any atom is 0.228 e. The van der Waals surface area contributed by atoms with Gasteiger partial charge in [-0.1, -0.05) is 0 Å². The summed E-state index contributed by atoms with van der Waals surface area (Å²) in [5.74, 6) is -0.0995. The van der Waals surface area contributed by atoms with Crippen LogP contribution in [-0.4, -0.2) is 27.2 Å². The maximum atomic E-state index is 11.8. The summed E-state index contributed by atoms with van der Waals surface area (Å²) in [4.78, 5) is 31.2. The van der Waals surface area contributed by atoms with E-state index < -0.39 is 0 Å². The number of carbonyl (C=O) groups excluding carboxylic acids is 2. The van der Waals surface area contributed by atoms with E-state index in [9.17, 15) is 9.59 Å². The maximum absolute atomic E-state index is 11.8. The summed E-state index contributed by atoms with van der Waals surface area (Å²) in [6.45, 7) is 1.84. The average Bonchev–Trinajstić information content (AvgIpc) is 2.28. The van der Waals surface area contributed by atoms with Crippen LogP contribution in [0.15, 0.2) is 29.5 Å². The van der Waals surface area contributed by atoms with Gasteiger partial charge in [0.15, 0.2) is 5.17 Å². The van der Waals surface area contributed by atoms with Crippen LogP contribution in [0, 0.1) is 0 Å². The molecule has 0 aliphatic carbocycles. The molecule has 1 amide bonds. The minimum Gasteiger partial charge on any atom is -0.305 e. The predicted molar refractivity (Wildman–Crippen MR) is 65.8 cm³/mol. The molecule has 1 aromatic rings. The van der Waals surface area contributed by atoms with Crippen LogP contribution in [0.1, 0.15) is 23.7 Å². The molecule has 0 radical (unpaired) electrons. The number of thioether (sulfide) groups is 1. The van der Waals surface area contributed by atoms with Gasteiger partial charge in [-0.25, -0.2) is 0 Å². The summed E-state index contributed by atoms with van der Waals surface area (Å²) in [7, 11) is 0. The van der Waals surface area contributed by atoms with Gasteiger partial charge in [-0.05, 0) is 30.8 Å². The molecule has 0 fully saturated rings. The third-order valence-electron chi connectivity index (χ3n) is 2.17. The monoisotopic (exact) mass is 249 g/mol. The average molecular weight is 249 g/mol. The van der Waals surface area contributed by atoms with E-state index in [2.05, 4.69) is 15.3 Å². The molecule has 5 nitrogen and oxygen atoms in total. The van der Waals surface area contributed by atoms with Gasteiger partial charge in [-0.2, -0.15) is 0 Å². The topological polar surface area (TPSA) is 71.4 Å². The van der Waals surface area contributed by atoms with Gasteiger partial charge in [-0.15, -0.1) is 0 Å². The Hall–Kier alpha value is -1.69. The number of amides is 1. The molecule has 0 saturated heterocycles. The smallest absolute Gasteiger partial charge is 0.228 e. The van der Waals surface area contributed by atoms with Gasteiger partial charge in [0.25, 0.3) is 0 Å². The molecule has 0 spiro atoms. The van der Waals surface area contributed by atoms with Crippen LogP contribution < -0.4 is 5.32 Å². The van der Waals surface area contributed by atoms with Crippen LogP contribution in [-0.2, 0) is 4.79 Å². The van der Waals surface area contributed by atoms with Crippen molar-refractivity contribution in [2.45, 2.75) is 19.4 Å². The number of amidine groups is 1. The lowest BCUT2D eigenvalue weighted by atomic mass is 10.2. The number of carbonyl (C=O) groups is 2. The van der Waals surface area contributed by atoms with Crippen LogP contribution in [0.3, 0.4) is 0 Å². The molecule has 1 N–H and O–H groups in total. The normalized spacial score (nSPS) is 19.5. The van der Waals surface area contributed by atoms with E-state index >= 15 is 0 Å². The number of nitrogens with one attached hydrogen (secondary N) is 1. The Labute approximate surface area is 103 Å². The summed E-state index contributed by atoms with van der Waals surface area (Å²) < 4.78 is 0. The van der Waals surface area contributed by atoms with Crippen molar-refractivity contribution in [3.8, 4) is 0 Å². The molecule has 1 aliphatic rings. The Kier molecular flexibility index (Phi) is 3.53. The highest BCUT2D eigenvalue weighted by Crippen LogP contribution is 2.16. The van der Waals surface area contributed by atoms with Crippen molar-refractivity contribution < 1.29 is 9.59 Å². The van der Waals surface area contributed by atoms with Crippen molar-refractivity contribution in [1.82, 2.24) is 10.3 Å². The van der Waals surface area contributed by atoms with Crippen molar-refractivity contribution in [2.24, 2.45) is 4.99 Å². The lowest BCUT2D eigenvalue weighted by Crippen LogP contribution is -2.36. The zero-order valence-electron chi connectivity index (χ0n) is 9.21. The predicted octanol–water partition coefficient (Wildman–Crippen LogP) is 1.22. The number of rotatable bonds is 1. The number of hydrogen-bond acceptors (Lipinski definition) is 5. The Morgan fingerprint density at radius 2 is 2.18 bits per heavy atom. The molecule has 1 aromatic heterocycles. The van der Waals surface area contributed by atoms with Crippen LogP contribution in [0.25, 0.3) is 0 Å². The molecule has 0 saturated carbocycles. The van der Waals surface area contributed by atoms with Crippen LogP contribution in [0.4, 0.5) is 0 Å². The second-order valence-corrected chi connectivity index (χ2v) is 4.62. The minimum absolute atomic E-state index is 0.0727. The number of nitrogens with zero attached hydrogens (tertiary/aromatic N) is 2. The molecular formula is C11H11N3O2S. The van der Waals surface area contributed by atoms with E-state index in [1.165, 1.54) is 0 Å². The van der Waals surface area contributed by atoms with E-state index in [1.807, 2.05) is 6.92 Å². The third-order valence-corrected chi connectivity index (χ3v) is 2.99. The highest BCUT2D eigenvalue weighted by molar-refractivity contribution is 8.26. The summed E-state index contributed by atoms with van der Waals surface area (Å²) >= 11 is 0.932. The first-order chi connectivity index (χ1) is 8.15. The van der Waals surface area contributed by atoms with Gasteiger partial charge < -0.3 is 5.32 Å². The highest BCUT2D eigenvalue weighted by Gasteiger charge is 2.20. The van der Waals surface area contributed by atoms with Gasteiger partial charge in [0.05, 0.1) is 6.04 Å². The van der Waals surface area contributed by atoms with Crippen molar-refractivity contribution in [3.05, 3.63) is 30.1 Å². The van der Waals surface area contributed by atoms with E-state index in [-0.39, 0.29) is 17.1 Å². The second kappa shape index (κ2) is 5.09. The summed E-state index contributed by atoms with van der Waals surface area (Å²) in [5, 5.41) is 2.80. The summed E-state index contributed by atoms with van der Waals surface area (Å²) in [6.07, 6.45) is 3.48. The zero-order valence-corrected chi connectivity index (χ0v) is 10.0. The Balaban J connectivity index is 2.07. The molecule has 1 aliphatic heterocycles. The Morgan fingerprint density at radius 1 is 1.47 bits per heavy atom. The van der Waals surface area contributed by atoms with Gasteiger partial charge >= 0.3 is 0 Å². The lowest BCUT2D eigenvalue weighted by Gasteiger charge is -2.16. The zero-order chi connectivity index (χ0) is 12.3. The van der Waals surface area contributed by atoms with Gasteiger partial charge in [0, 0.05) is 24.4 Å². The van der Waals surface area contributed by atoms with Gasteiger partial charge in [0.1, 0.15) is 0 Å². The fourth-order valence-electron chi connectivity index (χ4n) is 1.40. The van der Waals surface area contributed by atoms with E-state index in [0.29, 0.717) is 17.2 Å². The fraction of sp³-hybridized carbons (Fsp3) is 0.273. The molecule has 6 heteroatoms. The van der Waals surface area contributed by atoms with Gasteiger partial charge in [0.2, 0.25) is 11.0 Å². The van der Waals surface area contributed by atoms with Gasteiger partial charge in [-0.3, -0.25) is 19.6 Å². The fourth-order valence-corrected chi connectivity index (χ4v) is 2.23. The number of aromatic nitrogens is 1. The molecule has 0 aromatic carbocycles. The van der Waals surface area contributed by atoms with Crippen molar-refractivity contribution >= 4 is 28.0 Å². The molecule has 2 heterocycles. The van der Waals surface area contributed by atoms with E-state index in [0.717, 1.165) is 11.8 Å². The van der Waals surface area contributed by atoms with Crippen molar-refractivity contribution in [1.29, 1.82) is 0 Å². The minimum atomic E-state index is -0.152. The molecule has 88 valence electrons. The summed E-state index contributed by atoms with van der Waals surface area (Å²) in [6, 6.07) is 3.19. The number of aliphatic imine (C=N–C) groups is 1. The second-order valence-electron chi connectivity index (χ2n) is 3.66. The molecule has 2 rings (SSSR count). The molecule has 0 bridgehead atoms. The first-order valence-electron chi connectivity index (χ1n) is 5.15. The van der Waals surface area contributed by atoms with Crippen LogP contribution >= 0.6 is 11.8 Å².